The van der Waals surface area contributed by atoms with Crippen molar-refractivity contribution >= 4 is 23.6 Å². The number of carbonyl (C=O) groups is 1. The fraction of sp³-hybridized carbons (Fsp3) is 0. The summed E-state index contributed by atoms with van der Waals surface area (Å²) in [4.78, 5) is 24.8. The van der Waals surface area contributed by atoms with Gasteiger partial charge in [0.05, 0.1) is 0 Å². The lowest BCUT2D eigenvalue weighted by atomic mass is 10.2. The molecule has 0 spiro atoms. The van der Waals surface area contributed by atoms with Gasteiger partial charge in [-0.05, 0) is 30.4 Å². The molecule has 0 fully saturated rings. The molecule has 0 aliphatic carbocycles. The van der Waals surface area contributed by atoms with E-state index in [0.29, 0.717) is 11.1 Å². The molecule has 1 aromatic carbocycles. The lowest BCUT2D eigenvalue weighted by Gasteiger charge is -2.03. The molecule has 0 atom stereocenters. The molecule has 0 aliphatic heterocycles. The van der Waals surface area contributed by atoms with Crippen LogP contribution in [0.1, 0.15) is 10.4 Å². The van der Waals surface area contributed by atoms with Crippen molar-refractivity contribution in [2.45, 2.75) is 0 Å². The summed E-state index contributed by atoms with van der Waals surface area (Å²) in [6.07, 6.45) is 1.67. The standard InChI is InChI=1S/C14H9N3O2S/c18-12(10-6-2-1-3-7-10)17-13(19)11-8-4-5-9-16(11)15-14(17)20/h1-9H/p+1. The smallest absolute Gasteiger partial charge is 0.268 e. The van der Waals surface area contributed by atoms with Gasteiger partial charge in [0, 0.05) is 17.7 Å². The van der Waals surface area contributed by atoms with Crippen LogP contribution < -0.4 is 10.1 Å². The van der Waals surface area contributed by atoms with Gasteiger partial charge in [-0.15, -0.1) is 5.10 Å². The highest BCUT2D eigenvalue weighted by Gasteiger charge is 2.18. The molecule has 0 bridgehead atoms. The Kier molecular flexibility index (Phi) is 3.00. The summed E-state index contributed by atoms with van der Waals surface area (Å²) in [5, 5.41) is 2.82. The summed E-state index contributed by atoms with van der Waals surface area (Å²) in [5.41, 5.74) is 0.322. The summed E-state index contributed by atoms with van der Waals surface area (Å²) in [6, 6.07) is 13.7. The average molecular weight is 284 g/mol. The molecule has 2 heterocycles. The molecular formula is C14H10N3O2S+. The Morgan fingerprint density at radius 3 is 2.55 bits per heavy atom. The number of fused-ring (bicyclic) bond motifs is 1. The van der Waals surface area contributed by atoms with Crippen LogP contribution in [0.4, 0.5) is 0 Å². The van der Waals surface area contributed by atoms with E-state index in [1.165, 1.54) is 4.52 Å². The van der Waals surface area contributed by atoms with Crippen LogP contribution in [0.2, 0.25) is 0 Å². The van der Waals surface area contributed by atoms with Crippen molar-refractivity contribution in [1.29, 1.82) is 0 Å². The highest BCUT2D eigenvalue weighted by Crippen LogP contribution is 2.01. The summed E-state index contributed by atoms with van der Waals surface area (Å²) in [6.45, 7) is 0. The Hall–Kier alpha value is -2.60. The number of rotatable bonds is 1. The SMILES string of the molecule is O=C(c1ccccc1)n1c(=S)[nH][n+]2ccccc2c1=O. The van der Waals surface area contributed by atoms with E-state index in [1.54, 1.807) is 54.7 Å². The number of hydrogen-bond donors (Lipinski definition) is 1. The van der Waals surface area contributed by atoms with Gasteiger partial charge in [0.15, 0.2) is 0 Å². The number of carbonyl (C=O) groups excluding carboxylic acids is 1. The Labute approximate surface area is 118 Å². The van der Waals surface area contributed by atoms with E-state index in [2.05, 4.69) is 5.10 Å². The van der Waals surface area contributed by atoms with Gasteiger partial charge in [-0.25, -0.2) is 4.57 Å². The Balaban J connectivity index is 2.30. The molecule has 6 heteroatoms. The number of nitrogens with zero attached hydrogens (tertiary/aromatic N) is 2. The van der Waals surface area contributed by atoms with Crippen LogP contribution >= 0.6 is 12.2 Å². The van der Waals surface area contributed by atoms with E-state index in [4.69, 9.17) is 12.2 Å². The molecule has 5 nitrogen and oxygen atoms in total. The highest BCUT2D eigenvalue weighted by atomic mass is 32.1. The molecule has 3 rings (SSSR count). The van der Waals surface area contributed by atoms with Crippen molar-refractivity contribution in [3.05, 3.63) is 75.4 Å². The van der Waals surface area contributed by atoms with Crippen molar-refractivity contribution in [3.8, 4) is 0 Å². The minimum absolute atomic E-state index is 0.0625. The summed E-state index contributed by atoms with van der Waals surface area (Å²) in [5.74, 6) is -0.441. The second-order valence-electron chi connectivity index (χ2n) is 4.18. The normalized spacial score (nSPS) is 10.6. The van der Waals surface area contributed by atoms with Crippen LogP contribution in [0, 0.1) is 4.77 Å². The van der Waals surface area contributed by atoms with Crippen molar-refractivity contribution < 1.29 is 9.31 Å². The van der Waals surface area contributed by atoms with Gasteiger partial charge in [-0.3, -0.25) is 9.59 Å². The molecular weight excluding hydrogens is 274 g/mol. The van der Waals surface area contributed by atoms with E-state index in [-0.39, 0.29) is 4.77 Å². The van der Waals surface area contributed by atoms with E-state index in [0.717, 1.165) is 4.57 Å². The molecule has 0 radical (unpaired) electrons. The van der Waals surface area contributed by atoms with Gasteiger partial charge >= 0.3 is 11.1 Å². The molecule has 3 aromatic rings. The van der Waals surface area contributed by atoms with Crippen LogP contribution in [0.3, 0.4) is 0 Å². The first-order valence-electron chi connectivity index (χ1n) is 5.94. The zero-order valence-electron chi connectivity index (χ0n) is 10.3. The summed E-state index contributed by atoms with van der Waals surface area (Å²) < 4.78 is 2.53. The zero-order valence-corrected chi connectivity index (χ0v) is 11.1. The molecule has 98 valence electrons. The van der Waals surface area contributed by atoms with Gasteiger partial charge in [0.2, 0.25) is 11.0 Å². The maximum absolute atomic E-state index is 12.4. The molecule has 0 saturated heterocycles. The van der Waals surface area contributed by atoms with Crippen molar-refractivity contribution in [3.63, 3.8) is 0 Å². The van der Waals surface area contributed by atoms with Gasteiger partial charge in [0.1, 0.15) is 0 Å². The number of benzene rings is 1. The predicted octanol–water partition coefficient (Wildman–Crippen LogP) is 1.33. The van der Waals surface area contributed by atoms with Crippen LogP contribution in [0.5, 0.6) is 0 Å². The Morgan fingerprint density at radius 1 is 1.10 bits per heavy atom. The predicted molar refractivity (Wildman–Crippen MR) is 75.2 cm³/mol. The Morgan fingerprint density at radius 2 is 1.80 bits per heavy atom. The highest BCUT2D eigenvalue weighted by molar-refractivity contribution is 7.71. The van der Waals surface area contributed by atoms with Crippen LogP contribution in [0.25, 0.3) is 5.52 Å². The van der Waals surface area contributed by atoms with Crippen LogP contribution in [0.15, 0.2) is 59.5 Å². The van der Waals surface area contributed by atoms with Gasteiger partial charge < -0.3 is 0 Å². The van der Waals surface area contributed by atoms with Crippen molar-refractivity contribution in [1.82, 2.24) is 9.67 Å². The largest absolute Gasteiger partial charge is 0.334 e. The number of aromatic amines is 1. The molecule has 0 aliphatic rings. The van der Waals surface area contributed by atoms with Crippen molar-refractivity contribution in [2.24, 2.45) is 0 Å². The second-order valence-corrected chi connectivity index (χ2v) is 4.57. The molecule has 0 amide bonds. The molecule has 2 aromatic heterocycles. The third kappa shape index (κ3) is 1.96. The van der Waals surface area contributed by atoms with Gasteiger partial charge in [-0.2, -0.15) is 0 Å². The first-order chi connectivity index (χ1) is 9.68. The quantitative estimate of drug-likeness (QED) is 0.542. The maximum Gasteiger partial charge on any atom is 0.334 e. The second kappa shape index (κ2) is 4.82. The molecule has 1 N–H and O–H groups in total. The van der Waals surface area contributed by atoms with E-state index in [9.17, 15) is 9.59 Å². The Bertz CT molecular complexity index is 913. The number of nitrogens with one attached hydrogen (secondary N) is 1. The summed E-state index contributed by atoms with van der Waals surface area (Å²) in [7, 11) is 0. The topological polar surface area (TPSA) is 59.0 Å². The van der Waals surface area contributed by atoms with E-state index in [1.807, 2.05) is 0 Å². The summed E-state index contributed by atoms with van der Waals surface area (Å²) >= 11 is 5.11. The van der Waals surface area contributed by atoms with Crippen LogP contribution in [-0.2, 0) is 0 Å². The van der Waals surface area contributed by atoms with E-state index >= 15 is 0 Å². The molecule has 20 heavy (non-hydrogen) atoms. The molecule has 0 saturated carbocycles. The minimum Gasteiger partial charge on any atom is -0.268 e. The third-order valence-electron chi connectivity index (χ3n) is 2.93. The number of pyridine rings is 1. The average Bonchev–Trinajstić information content (AvgIpc) is 2.48. The van der Waals surface area contributed by atoms with Gasteiger partial charge in [-0.1, -0.05) is 22.7 Å². The molecule has 0 unspecified atom stereocenters. The van der Waals surface area contributed by atoms with E-state index < -0.39 is 11.5 Å². The van der Waals surface area contributed by atoms with Crippen molar-refractivity contribution in [2.75, 3.05) is 0 Å². The zero-order chi connectivity index (χ0) is 14.1. The third-order valence-corrected chi connectivity index (χ3v) is 3.20. The number of H-pyrrole nitrogens is 1. The number of hydrogen-bond acceptors (Lipinski definition) is 3. The monoisotopic (exact) mass is 284 g/mol. The first kappa shape index (κ1) is 12.4. The lowest BCUT2D eigenvalue weighted by molar-refractivity contribution is -0.583. The first-order valence-corrected chi connectivity index (χ1v) is 6.35. The fourth-order valence-corrected chi connectivity index (χ4v) is 2.23. The number of aromatic nitrogens is 3. The lowest BCUT2D eigenvalue weighted by Crippen LogP contribution is -2.40. The van der Waals surface area contributed by atoms with Gasteiger partial charge in [0.25, 0.3) is 5.91 Å². The maximum atomic E-state index is 12.4. The minimum atomic E-state index is -0.441. The van der Waals surface area contributed by atoms with Crippen LogP contribution in [-0.4, -0.2) is 15.6 Å². The fourth-order valence-electron chi connectivity index (χ4n) is 1.97.